The van der Waals surface area contributed by atoms with Crippen LogP contribution in [0.5, 0.6) is 0 Å². The normalized spacial score (nSPS) is 14.7. The van der Waals surface area contributed by atoms with Crippen molar-refractivity contribution in [2.75, 3.05) is 6.61 Å². The molecule has 0 unspecified atom stereocenters. The van der Waals surface area contributed by atoms with Crippen molar-refractivity contribution < 1.29 is 9.53 Å². The van der Waals surface area contributed by atoms with Crippen LogP contribution in [0.25, 0.3) is 0 Å². The van der Waals surface area contributed by atoms with Crippen molar-refractivity contribution >= 4 is 5.97 Å². The lowest BCUT2D eigenvalue weighted by atomic mass is 10.1. The fraction of sp³-hybridized carbons (Fsp3) is 0.562. The number of carbonyl (C=O) groups is 1. The molecule has 0 aliphatic carbocycles. The molecule has 0 amide bonds. The Morgan fingerprint density at radius 2 is 1.89 bits per heavy atom. The summed E-state index contributed by atoms with van der Waals surface area (Å²) in [6.07, 6.45) is 10.8. The summed E-state index contributed by atoms with van der Waals surface area (Å²) in [5, 5.41) is 0. The molecule has 0 saturated heterocycles. The Labute approximate surface area is 111 Å². The molecule has 0 fully saturated rings. The summed E-state index contributed by atoms with van der Waals surface area (Å²) in [7, 11) is 0. The molecule has 0 heterocycles. The van der Waals surface area contributed by atoms with Crippen LogP contribution in [0.2, 0.25) is 0 Å². The molecule has 102 valence electrons. The molecule has 0 aliphatic rings. The van der Waals surface area contributed by atoms with Gasteiger partial charge in [0.25, 0.3) is 0 Å². The molecule has 0 aromatic rings. The fourth-order valence-electron chi connectivity index (χ4n) is 1.35. The van der Waals surface area contributed by atoms with Gasteiger partial charge in [0.1, 0.15) is 0 Å². The number of allylic oxidation sites excluding steroid dienone is 6. The van der Waals surface area contributed by atoms with Crippen molar-refractivity contribution in [2.24, 2.45) is 11.8 Å². The van der Waals surface area contributed by atoms with Crippen LogP contribution in [0, 0.1) is 11.8 Å². The van der Waals surface area contributed by atoms with Crippen molar-refractivity contribution in [3.05, 3.63) is 36.0 Å². The van der Waals surface area contributed by atoms with Crippen molar-refractivity contribution in [1.82, 2.24) is 0 Å². The standard InChI is InChI=1S/C16H26O2/c1-6-18-16(17)12-15(5)9-7-8-14(4)11-10-13(2)3/h7-11,13,15H,6,12H2,1-5H3/b9-7+,11-10+,14-8-/t15-/m0/s1. The Balaban J connectivity index is 4.14. The molecule has 18 heavy (non-hydrogen) atoms. The Hall–Kier alpha value is -1.31. The van der Waals surface area contributed by atoms with E-state index in [1.165, 1.54) is 5.57 Å². The van der Waals surface area contributed by atoms with Gasteiger partial charge in [-0.15, -0.1) is 0 Å². The van der Waals surface area contributed by atoms with E-state index in [1.807, 2.05) is 26.0 Å². The molecule has 0 aliphatic heterocycles. The van der Waals surface area contributed by atoms with Gasteiger partial charge in [-0.3, -0.25) is 4.79 Å². The van der Waals surface area contributed by atoms with Crippen molar-refractivity contribution in [3.8, 4) is 0 Å². The number of rotatable bonds is 7. The number of carbonyl (C=O) groups excluding carboxylic acids is 1. The second-order valence-corrected chi connectivity index (χ2v) is 4.89. The maximum atomic E-state index is 11.2. The van der Waals surface area contributed by atoms with E-state index < -0.39 is 0 Å². The van der Waals surface area contributed by atoms with Gasteiger partial charge >= 0.3 is 5.97 Å². The third-order valence-corrected chi connectivity index (χ3v) is 2.34. The summed E-state index contributed by atoms with van der Waals surface area (Å²) in [4.78, 5) is 11.2. The lowest BCUT2D eigenvalue weighted by molar-refractivity contribution is -0.143. The summed E-state index contributed by atoms with van der Waals surface area (Å²) in [5.74, 6) is 0.650. The number of hydrogen-bond donors (Lipinski definition) is 0. The van der Waals surface area contributed by atoms with Crippen LogP contribution < -0.4 is 0 Å². The first-order chi connectivity index (χ1) is 8.45. The van der Waals surface area contributed by atoms with Crippen LogP contribution >= 0.6 is 0 Å². The lowest BCUT2D eigenvalue weighted by Crippen LogP contribution is -2.07. The molecule has 0 bridgehead atoms. The average molecular weight is 250 g/mol. The highest BCUT2D eigenvalue weighted by atomic mass is 16.5. The summed E-state index contributed by atoms with van der Waals surface area (Å²) >= 11 is 0. The van der Waals surface area contributed by atoms with E-state index >= 15 is 0 Å². The van der Waals surface area contributed by atoms with E-state index in [2.05, 4.69) is 39.0 Å². The lowest BCUT2D eigenvalue weighted by Gasteiger charge is -2.04. The Kier molecular flexibility index (Phi) is 8.99. The molecule has 0 saturated carbocycles. The Bertz CT molecular complexity index is 322. The number of hydrogen-bond acceptors (Lipinski definition) is 2. The van der Waals surface area contributed by atoms with Crippen LogP contribution in [0.4, 0.5) is 0 Å². The first-order valence-electron chi connectivity index (χ1n) is 6.64. The molecular formula is C16H26O2. The molecule has 0 radical (unpaired) electrons. The molecule has 0 N–H and O–H groups in total. The van der Waals surface area contributed by atoms with Crippen LogP contribution in [-0.4, -0.2) is 12.6 Å². The van der Waals surface area contributed by atoms with Crippen LogP contribution in [0.3, 0.4) is 0 Å². The van der Waals surface area contributed by atoms with Gasteiger partial charge in [-0.2, -0.15) is 0 Å². The minimum absolute atomic E-state index is 0.130. The largest absolute Gasteiger partial charge is 0.466 e. The van der Waals surface area contributed by atoms with Crippen LogP contribution in [-0.2, 0) is 9.53 Å². The highest BCUT2D eigenvalue weighted by Crippen LogP contribution is 2.07. The molecule has 2 heteroatoms. The summed E-state index contributed by atoms with van der Waals surface area (Å²) in [5.41, 5.74) is 1.21. The van der Waals surface area contributed by atoms with Gasteiger partial charge in [0.2, 0.25) is 0 Å². The third kappa shape index (κ3) is 9.88. The molecule has 0 aromatic carbocycles. The second-order valence-electron chi connectivity index (χ2n) is 4.89. The average Bonchev–Trinajstić information content (AvgIpc) is 2.26. The van der Waals surface area contributed by atoms with Crippen LogP contribution in [0.15, 0.2) is 36.0 Å². The topological polar surface area (TPSA) is 26.3 Å². The van der Waals surface area contributed by atoms with Gasteiger partial charge in [-0.25, -0.2) is 0 Å². The van der Waals surface area contributed by atoms with Crippen molar-refractivity contribution in [3.63, 3.8) is 0 Å². The van der Waals surface area contributed by atoms with Crippen molar-refractivity contribution in [1.29, 1.82) is 0 Å². The summed E-state index contributed by atoms with van der Waals surface area (Å²) < 4.78 is 4.91. The van der Waals surface area contributed by atoms with E-state index in [1.54, 1.807) is 0 Å². The number of ether oxygens (including phenoxy) is 1. The van der Waals surface area contributed by atoms with E-state index in [9.17, 15) is 4.79 Å². The summed E-state index contributed by atoms with van der Waals surface area (Å²) in [6.45, 7) is 10.7. The highest BCUT2D eigenvalue weighted by molar-refractivity contribution is 5.69. The molecular weight excluding hydrogens is 224 g/mol. The van der Waals surface area contributed by atoms with E-state index in [4.69, 9.17) is 4.74 Å². The minimum atomic E-state index is -0.130. The molecule has 0 aromatic heterocycles. The van der Waals surface area contributed by atoms with Gasteiger partial charge in [0, 0.05) is 0 Å². The zero-order valence-corrected chi connectivity index (χ0v) is 12.3. The van der Waals surface area contributed by atoms with Gasteiger partial charge in [0.05, 0.1) is 13.0 Å². The predicted octanol–water partition coefficient (Wildman–Crippen LogP) is 4.29. The first kappa shape index (κ1) is 16.7. The molecule has 0 rings (SSSR count). The quantitative estimate of drug-likeness (QED) is 0.497. The predicted molar refractivity (Wildman–Crippen MR) is 77.3 cm³/mol. The summed E-state index contributed by atoms with van der Waals surface area (Å²) in [6, 6.07) is 0. The molecule has 2 nitrogen and oxygen atoms in total. The fourth-order valence-corrected chi connectivity index (χ4v) is 1.35. The highest BCUT2D eigenvalue weighted by Gasteiger charge is 2.05. The van der Waals surface area contributed by atoms with E-state index in [-0.39, 0.29) is 11.9 Å². The van der Waals surface area contributed by atoms with Gasteiger partial charge < -0.3 is 4.74 Å². The Morgan fingerprint density at radius 1 is 1.22 bits per heavy atom. The number of esters is 1. The first-order valence-corrected chi connectivity index (χ1v) is 6.64. The van der Waals surface area contributed by atoms with E-state index in [0.29, 0.717) is 18.9 Å². The van der Waals surface area contributed by atoms with Crippen molar-refractivity contribution in [2.45, 2.75) is 41.0 Å². The van der Waals surface area contributed by atoms with Gasteiger partial charge in [-0.05, 0) is 25.7 Å². The SMILES string of the molecule is CCOC(=O)C[C@@H](C)/C=C/C=C(C)\C=C\C(C)C. The van der Waals surface area contributed by atoms with Crippen LogP contribution in [0.1, 0.15) is 41.0 Å². The van der Waals surface area contributed by atoms with Gasteiger partial charge in [-0.1, -0.05) is 56.7 Å². The van der Waals surface area contributed by atoms with E-state index in [0.717, 1.165) is 0 Å². The monoisotopic (exact) mass is 250 g/mol. The zero-order chi connectivity index (χ0) is 14.0. The smallest absolute Gasteiger partial charge is 0.306 e. The van der Waals surface area contributed by atoms with Gasteiger partial charge in [0.15, 0.2) is 0 Å². The molecule has 1 atom stereocenters. The maximum Gasteiger partial charge on any atom is 0.306 e. The maximum absolute atomic E-state index is 11.2. The second kappa shape index (κ2) is 9.69. The minimum Gasteiger partial charge on any atom is -0.466 e. The third-order valence-electron chi connectivity index (χ3n) is 2.34. The molecule has 0 spiro atoms. The Morgan fingerprint density at radius 3 is 2.44 bits per heavy atom. The zero-order valence-electron chi connectivity index (χ0n) is 12.3.